The number of halogens is 7. The third-order valence-corrected chi connectivity index (χ3v) is 18.0. The Balaban J connectivity index is 1.34. The van der Waals surface area contributed by atoms with Crippen LogP contribution in [0, 0.1) is 35.3 Å². The second-order valence-electron chi connectivity index (χ2n) is 17.7. The quantitative estimate of drug-likeness (QED) is 0.0441. The van der Waals surface area contributed by atoms with Crippen molar-refractivity contribution in [3.8, 4) is 23.5 Å². The molecule has 0 saturated heterocycles. The molecule has 21 heteroatoms. The highest BCUT2D eigenvalue weighted by atomic mass is 35.5. The molecule has 0 radical (unpaired) electrons. The molecule has 0 bridgehead atoms. The number of aromatic nitrogens is 3. The lowest BCUT2D eigenvalue weighted by atomic mass is 9.93. The second-order valence-corrected chi connectivity index (χ2v) is 23.1. The predicted octanol–water partition coefficient (Wildman–Crippen LogP) is 7.97. The first kappa shape index (κ1) is 47.8. The van der Waals surface area contributed by atoms with Gasteiger partial charge < -0.3 is 10.6 Å². The molecule has 3 aliphatic carbocycles. The molecule has 3 aliphatic rings. The van der Waals surface area contributed by atoms with Gasteiger partial charge in [-0.25, -0.2) is 34.4 Å². The zero-order valence-electron chi connectivity index (χ0n) is 35.6. The van der Waals surface area contributed by atoms with Gasteiger partial charge in [0.15, 0.2) is 15.7 Å². The molecule has 0 unspecified atom stereocenters. The van der Waals surface area contributed by atoms with Gasteiger partial charge in [0.25, 0.3) is 6.43 Å². The number of amides is 1. The highest BCUT2D eigenvalue weighted by molar-refractivity contribution is 7.94. The van der Waals surface area contributed by atoms with Crippen molar-refractivity contribution < 1.29 is 48.0 Å². The maximum atomic E-state index is 15.5. The number of nitrogens with one attached hydrogen (secondary N) is 4. The molecule has 65 heavy (non-hydrogen) atoms. The molecule has 0 aliphatic heterocycles. The SMILES string of the molecule is C#C[C@@H]1CC(C(=N)C(F)F)=C(NCC(=O)N[C@@H](Cc2cc(F)cc(F)c2)c2nc(CCC(C)(C)S(=O)(=O)C3CC3)ccc2-c2ccc(Cl)c3c(NS(=O)(=O)C4(C)CC4)nn(C)c23)C1(F)F. The largest absolute Gasteiger partial charge is 0.374 e. The Morgan fingerprint density at radius 3 is 2.31 bits per heavy atom. The molecular formula is C44H46ClF6N7O5S2. The third-order valence-electron chi connectivity index (χ3n) is 12.4. The molecule has 12 nitrogen and oxygen atoms in total. The highest BCUT2D eigenvalue weighted by Crippen LogP contribution is 2.47. The maximum absolute atomic E-state index is 15.5. The molecule has 2 fully saturated rings. The summed E-state index contributed by atoms with van der Waals surface area (Å²) in [4.78, 5) is 18.9. The average molecular weight is 966 g/mol. The Kier molecular flexibility index (Phi) is 12.7. The topological polar surface area (TPSA) is 176 Å². The lowest BCUT2D eigenvalue weighted by Gasteiger charge is -2.26. The monoisotopic (exact) mass is 965 g/mol. The van der Waals surface area contributed by atoms with Gasteiger partial charge in [-0.05, 0) is 102 Å². The van der Waals surface area contributed by atoms with E-state index >= 15 is 8.78 Å². The lowest BCUT2D eigenvalue weighted by Crippen LogP contribution is -2.41. The summed E-state index contributed by atoms with van der Waals surface area (Å²) in [5.74, 6) is -6.92. The summed E-state index contributed by atoms with van der Waals surface area (Å²) >= 11 is 6.74. The van der Waals surface area contributed by atoms with Crippen LogP contribution in [-0.2, 0) is 44.5 Å². The minimum absolute atomic E-state index is 0.0252. The fraction of sp³-hybridized carbons (Fsp3) is 0.455. The van der Waals surface area contributed by atoms with Gasteiger partial charge in [0.05, 0.1) is 60.6 Å². The van der Waals surface area contributed by atoms with Crippen LogP contribution in [0.15, 0.2) is 53.7 Å². The van der Waals surface area contributed by atoms with E-state index in [9.17, 15) is 39.2 Å². The average Bonchev–Trinajstić information content (AvgIpc) is 4.16. The van der Waals surface area contributed by atoms with Gasteiger partial charge in [-0.3, -0.25) is 24.6 Å². The van der Waals surface area contributed by atoms with Crippen molar-refractivity contribution in [1.82, 2.24) is 25.4 Å². The Hall–Kier alpha value is -5.13. The molecule has 2 aromatic carbocycles. The van der Waals surface area contributed by atoms with Gasteiger partial charge in [0.1, 0.15) is 17.3 Å². The van der Waals surface area contributed by atoms with E-state index in [0.29, 0.717) is 48.5 Å². The number of sulfone groups is 1. The fourth-order valence-electron chi connectivity index (χ4n) is 8.08. The molecule has 4 N–H and O–H groups in total. The lowest BCUT2D eigenvalue weighted by molar-refractivity contribution is -0.121. The third kappa shape index (κ3) is 9.33. The van der Waals surface area contributed by atoms with E-state index in [2.05, 4.69) is 20.5 Å². The number of allylic oxidation sites excluding steroid dienone is 2. The van der Waals surface area contributed by atoms with Crippen molar-refractivity contribution in [3.63, 3.8) is 0 Å². The van der Waals surface area contributed by atoms with Gasteiger partial charge >= 0.3 is 5.92 Å². The van der Waals surface area contributed by atoms with Crippen molar-refractivity contribution >= 4 is 59.8 Å². The number of pyridine rings is 1. The van der Waals surface area contributed by atoms with Crippen LogP contribution in [-0.4, -0.2) is 76.9 Å². The number of carbonyl (C=O) groups is 1. The zero-order chi connectivity index (χ0) is 47.6. The van der Waals surface area contributed by atoms with Crippen molar-refractivity contribution in [1.29, 1.82) is 5.41 Å². The first-order valence-electron chi connectivity index (χ1n) is 20.6. The summed E-state index contributed by atoms with van der Waals surface area (Å²) in [6, 6.07) is 7.67. The molecule has 7 rings (SSSR count). The molecule has 2 saturated carbocycles. The van der Waals surface area contributed by atoms with Crippen molar-refractivity contribution in [2.75, 3.05) is 11.3 Å². The molecular weight excluding hydrogens is 920 g/mol. The summed E-state index contributed by atoms with van der Waals surface area (Å²) in [7, 11) is -5.90. The number of benzene rings is 2. The summed E-state index contributed by atoms with van der Waals surface area (Å²) in [5.41, 5.74) is -1.90. The first-order valence-corrected chi connectivity index (χ1v) is 24.0. The summed E-state index contributed by atoms with van der Waals surface area (Å²) < 4.78 is 143. The van der Waals surface area contributed by atoms with E-state index < -0.39 is 106 Å². The van der Waals surface area contributed by atoms with Crippen LogP contribution in [0.4, 0.5) is 32.2 Å². The Bertz CT molecular complexity index is 2890. The second kappa shape index (κ2) is 17.3. The van der Waals surface area contributed by atoms with Crippen LogP contribution in [0.25, 0.3) is 22.0 Å². The highest BCUT2D eigenvalue weighted by Gasteiger charge is 2.52. The van der Waals surface area contributed by atoms with Gasteiger partial charge in [-0.1, -0.05) is 29.7 Å². The number of hydrogen-bond acceptors (Lipinski definition) is 9. The standard InChI is InChI=1S/C44H46ClF6N7O5S2/c1-6-24-20-31(36(52)40(48)49)39(44(24,50)51)53-22-34(59)55-33(19-23-17-25(46)21-26(47)18-23)37-29(10-7-27(54-37)13-14-42(2,3)64(60,61)28-8-9-28)30-11-12-32(45)35-38(30)58(5)56-41(35)57-65(62,63)43(4)15-16-43/h1,7,10-12,17-18,21,24,28,33,40,52-53H,8-9,13-16,19-20,22H2,2-5H3,(H,55,59)(H,56,57)/t24-,33+/m1/s1. The number of anilines is 1. The van der Waals surface area contributed by atoms with Crippen LogP contribution < -0.4 is 15.4 Å². The maximum Gasteiger partial charge on any atom is 0.301 e. The molecule has 2 aromatic heterocycles. The number of alkyl halides is 4. The number of hydrogen-bond donors (Lipinski definition) is 4. The van der Waals surface area contributed by atoms with E-state index in [1.165, 1.54) is 10.7 Å². The van der Waals surface area contributed by atoms with Gasteiger partial charge in [-0.2, -0.15) is 13.9 Å². The fourth-order valence-corrected chi connectivity index (χ4v) is 11.7. The molecule has 348 valence electrons. The minimum atomic E-state index is -3.92. The zero-order valence-corrected chi connectivity index (χ0v) is 38.0. The van der Waals surface area contributed by atoms with E-state index in [1.54, 1.807) is 46.0 Å². The number of terminal acetylenes is 1. The van der Waals surface area contributed by atoms with Crippen molar-refractivity contribution in [2.45, 2.75) is 105 Å². The van der Waals surface area contributed by atoms with Crippen LogP contribution in [0.1, 0.15) is 82.3 Å². The molecule has 1 amide bonds. The van der Waals surface area contributed by atoms with Crippen LogP contribution >= 0.6 is 11.6 Å². The first-order chi connectivity index (χ1) is 30.3. The minimum Gasteiger partial charge on any atom is -0.374 e. The van der Waals surface area contributed by atoms with E-state index in [-0.39, 0.29) is 52.3 Å². The van der Waals surface area contributed by atoms with E-state index in [4.69, 9.17) is 28.4 Å². The molecule has 2 atom stereocenters. The summed E-state index contributed by atoms with van der Waals surface area (Å²) in [6.07, 6.45) is 2.96. The van der Waals surface area contributed by atoms with Gasteiger partial charge in [0, 0.05) is 35.5 Å². The Morgan fingerprint density at radius 2 is 1.71 bits per heavy atom. The van der Waals surface area contributed by atoms with Crippen LogP contribution in [0.3, 0.4) is 0 Å². The Morgan fingerprint density at radius 1 is 1.06 bits per heavy atom. The summed E-state index contributed by atoms with van der Waals surface area (Å²) in [6.45, 7) is 3.88. The number of carbonyl (C=O) groups excluding carboxylic acids is 1. The van der Waals surface area contributed by atoms with Gasteiger partial charge in [-0.15, -0.1) is 6.42 Å². The van der Waals surface area contributed by atoms with Crippen molar-refractivity contribution in [2.24, 2.45) is 13.0 Å². The number of rotatable bonds is 18. The predicted molar refractivity (Wildman–Crippen MR) is 235 cm³/mol. The van der Waals surface area contributed by atoms with Crippen LogP contribution in [0.5, 0.6) is 0 Å². The smallest absolute Gasteiger partial charge is 0.301 e. The van der Waals surface area contributed by atoms with Gasteiger partial charge in [0.2, 0.25) is 15.9 Å². The van der Waals surface area contributed by atoms with E-state index in [0.717, 1.165) is 12.1 Å². The summed E-state index contributed by atoms with van der Waals surface area (Å²) in [5, 5.41) is 17.1. The molecule has 4 aromatic rings. The molecule has 0 spiro atoms. The Labute approximate surface area is 377 Å². The number of nitrogens with zero attached hydrogens (tertiary/aromatic N) is 3. The van der Waals surface area contributed by atoms with Crippen LogP contribution in [0.2, 0.25) is 5.02 Å². The van der Waals surface area contributed by atoms with E-state index in [1.807, 2.05) is 5.92 Å². The molecule has 2 heterocycles. The van der Waals surface area contributed by atoms with Crippen molar-refractivity contribution in [3.05, 3.63) is 87.3 Å². The normalized spacial score (nSPS) is 18.7. The number of fused-ring (bicyclic) bond motifs is 1. The number of sulfonamides is 1. The number of aryl methyl sites for hydroxylation is 2.